The standard InChI is InChI=1S/C22H23N3O2.C9H9F3/c23-21-13-18-9-5-4-8-17(18)12-20(21)22(27)24-14-19(25-15-26)11-10-16-6-2-1-3-7-16;1-2-7-4-3-5-8(6-7)9(10,11)12/h1-9,12-13,15,19H,10-11,14,23H2,(H,24,27)(H,25,26);3-6H,2H2,1H3/t19-;/m0./s1. The van der Waals surface area contributed by atoms with E-state index in [2.05, 4.69) is 10.6 Å². The van der Waals surface area contributed by atoms with Crippen LogP contribution in [0, 0.1) is 0 Å². The van der Waals surface area contributed by atoms with E-state index in [1.54, 1.807) is 18.2 Å². The molecule has 0 saturated heterocycles. The van der Waals surface area contributed by atoms with Crippen molar-refractivity contribution in [1.29, 1.82) is 0 Å². The topological polar surface area (TPSA) is 84.2 Å². The van der Waals surface area contributed by atoms with Gasteiger partial charge in [-0.15, -0.1) is 0 Å². The number of rotatable bonds is 9. The summed E-state index contributed by atoms with van der Waals surface area (Å²) in [5.41, 5.74) is 8.28. The van der Waals surface area contributed by atoms with Gasteiger partial charge in [-0.1, -0.05) is 79.7 Å². The Balaban J connectivity index is 0.000000293. The van der Waals surface area contributed by atoms with Crippen molar-refractivity contribution < 1.29 is 22.8 Å². The Bertz CT molecular complexity index is 1370. The Hall–Kier alpha value is -4.33. The molecule has 1 atom stereocenters. The predicted octanol–water partition coefficient (Wildman–Crippen LogP) is 6.17. The highest BCUT2D eigenvalue weighted by molar-refractivity contribution is 6.03. The lowest BCUT2D eigenvalue weighted by molar-refractivity contribution is -0.137. The first-order chi connectivity index (χ1) is 18.7. The second-order valence-electron chi connectivity index (χ2n) is 9.05. The van der Waals surface area contributed by atoms with Gasteiger partial charge in [0.25, 0.3) is 5.91 Å². The third kappa shape index (κ3) is 8.88. The Kier molecular flexibility index (Phi) is 10.5. The molecule has 5 nitrogen and oxygen atoms in total. The molecule has 39 heavy (non-hydrogen) atoms. The van der Waals surface area contributed by atoms with Gasteiger partial charge in [-0.25, -0.2) is 0 Å². The van der Waals surface area contributed by atoms with Crippen LogP contribution < -0.4 is 16.4 Å². The van der Waals surface area contributed by atoms with E-state index >= 15 is 0 Å². The average Bonchev–Trinajstić information content (AvgIpc) is 2.94. The minimum Gasteiger partial charge on any atom is -0.398 e. The second-order valence-corrected chi connectivity index (χ2v) is 9.05. The van der Waals surface area contributed by atoms with Crippen molar-refractivity contribution in [2.24, 2.45) is 0 Å². The molecule has 0 aliphatic carbocycles. The SMILES string of the molecule is CCc1cccc(C(F)(F)F)c1.Nc1cc2ccccc2cc1C(=O)NC[C@H](CCc1ccccc1)NC=O. The average molecular weight is 536 g/mol. The fourth-order valence-electron chi connectivity index (χ4n) is 4.06. The lowest BCUT2D eigenvalue weighted by Gasteiger charge is -2.17. The van der Waals surface area contributed by atoms with Crippen LogP contribution >= 0.6 is 0 Å². The van der Waals surface area contributed by atoms with E-state index in [9.17, 15) is 22.8 Å². The summed E-state index contributed by atoms with van der Waals surface area (Å²) in [5.74, 6) is -0.240. The number of carbonyl (C=O) groups is 2. The number of carbonyl (C=O) groups excluding carboxylic acids is 2. The molecule has 4 N–H and O–H groups in total. The van der Waals surface area contributed by atoms with E-state index in [1.165, 1.54) is 17.7 Å². The van der Waals surface area contributed by atoms with Gasteiger partial charge in [-0.3, -0.25) is 9.59 Å². The third-order valence-electron chi connectivity index (χ3n) is 6.26. The third-order valence-corrected chi connectivity index (χ3v) is 6.26. The van der Waals surface area contributed by atoms with E-state index in [0.717, 1.165) is 29.7 Å². The summed E-state index contributed by atoms with van der Waals surface area (Å²) < 4.78 is 36.3. The molecule has 4 rings (SSSR count). The number of benzene rings is 4. The Morgan fingerprint density at radius 2 is 1.54 bits per heavy atom. The molecular formula is C31H32F3N3O2. The van der Waals surface area contributed by atoms with E-state index in [0.29, 0.717) is 36.2 Å². The van der Waals surface area contributed by atoms with Crippen LogP contribution in [0.5, 0.6) is 0 Å². The van der Waals surface area contributed by atoms with Crippen molar-refractivity contribution in [1.82, 2.24) is 10.6 Å². The zero-order valence-corrected chi connectivity index (χ0v) is 21.7. The quantitative estimate of drug-likeness (QED) is 0.177. The summed E-state index contributed by atoms with van der Waals surface area (Å²) in [5, 5.41) is 7.62. The van der Waals surface area contributed by atoms with Crippen molar-refractivity contribution in [3.63, 3.8) is 0 Å². The summed E-state index contributed by atoms with van der Waals surface area (Å²) in [6, 6.07) is 26.7. The number of anilines is 1. The van der Waals surface area contributed by atoms with Crippen LogP contribution in [0.15, 0.2) is 91.0 Å². The molecule has 2 amide bonds. The zero-order valence-electron chi connectivity index (χ0n) is 21.7. The van der Waals surface area contributed by atoms with Crippen LogP contribution in [-0.2, 0) is 23.8 Å². The first-order valence-corrected chi connectivity index (χ1v) is 12.7. The molecule has 8 heteroatoms. The Morgan fingerprint density at radius 1 is 0.897 bits per heavy atom. The maximum absolute atomic E-state index is 12.6. The number of amides is 2. The number of hydrogen-bond acceptors (Lipinski definition) is 3. The minimum absolute atomic E-state index is 0.145. The number of nitrogens with one attached hydrogen (secondary N) is 2. The second kappa shape index (κ2) is 14.0. The predicted molar refractivity (Wildman–Crippen MR) is 149 cm³/mol. The fraction of sp³-hybridized carbons (Fsp3) is 0.226. The van der Waals surface area contributed by atoms with Gasteiger partial charge in [0.2, 0.25) is 6.41 Å². The Morgan fingerprint density at radius 3 is 2.18 bits per heavy atom. The first-order valence-electron chi connectivity index (χ1n) is 12.7. The van der Waals surface area contributed by atoms with Gasteiger partial charge >= 0.3 is 6.18 Å². The lowest BCUT2D eigenvalue weighted by atomic mass is 10.0. The van der Waals surface area contributed by atoms with Gasteiger partial charge < -0.3 is 16.4 Å². The van der Waals surface area contributed by atoms with Crippen LogP contribution in [0.1, 0.15) is 40.4 Å². The van der Waals surface area contributed by atoms with Crippen LogP contribution in [0.25, 0.3) is 10.8 Å². The summed E-state index contributed by atoms with van der Waals surface area (Å²) in [6.07, 6.45) is -1.36. The molecule has 0 saturated carbocycles. The minimum atomic E-state index is -4.22. The van der Waals surface area contributed by atoms with E-state index in [4.69, 9.17) is 5.73 Å². The molecule has 0 aromatic heterocycles. The number of nitrogen functional groups attached to an aromatic ring is 1. The number of halogens is 3. The molecule has 0 bridgehead atoms. The van der Waals surface area contributed by atoms with Gasteiger partial charge in [0, 0.05) is 18.3 Å². The molecule has 0 aliphatic rings. The molecule has 0 aliphatic heterocycles. The highest BCUT2D eigenvalue weighted by atomic mass is 19.4. The normalized spacial score (nSPS) is 11.7. The number of hydrogen-bond donors (Lipinski definition) is 3. The molecule has 0 heterocycles. The van der Waals surface area contributed by atoms with Crippen LogP contribution in [-0.4, -0.2) is 24.9 Å². The molecule has 204 valence electrons. The van der Waals surface area contributed by atoms with Gasteiger partial charge in [-0.2, -0.15) is 13.2 Å². The van der Waals surface area contributed by atoms with Crippen molar-refractivity contribution in [2.75, 3.05) is 12.3 Å². The van der Waals surface area contributed by atoms with E-state index in [1.807, 2.05) is 61.5 Å². The largest absolute Gasteiger partial charge is 0.416 e. The van der Waals surface area contributed by atoms with Crippen molar-refractivity contribution >= 4 is 28.8 Å². The monoisotopic (exact) mass is 535 g/mol. The van der Waals surface area contributed by atoms with E-state index < -0.39 is 11.7 Å². The molecule has 0 fully saturated rings. The molecule has 4 aromatic rings. The number of alkyl halides is 3. The van der Waals surface area contributed by atoms with Crippen molar-refractivity contribution in [2.45, 2.75) is 38.4 Å². The van der Waals surface area contributed by atoms with Crippen molar-refractivity contribution in [3.05, 3.63) is 113 Å². The Labute approximate surface area is 226 Å². The number of fused-ring (bicyclic) bond motifs is 1. The fourth-order valence-corrected chi connectivity index (χ4v) is 4.06. The van der Waals surface area contributed by atoms with Gasteiger partial charge in [0.05, 0.1) is 11.1 Å². The highest BCUT2D eigenvalue weighted by Crippen LogP contribution is 2.29. The maximum Gasteiger partial charge on any atom is 0.416 e. The summed E-state index contributed by atoms with van der Waals surface area (Å²) >= 11 is 0. The summed E-state index contributed by atoms with van der Waals surface area (Å²) in [6.45, 7) is 2.17. The van der Waals surface area contributed by atoms with Crippen LogP contribution in [0.2, 0.25) is 0 Å². The molecule has 4 aromatic carbocycles. The number of aryl methyl sites for hydroxylation is 2. The molecule has 0 unspecified atom stereocenters. The first kappa shape index (κ1) is 29.2. The van der Waals surface area contributed by atoms with Gasteiger partial charge in [0.15, 0.2) is 0 Å². The van der Waals surface area contributed by atoms with Crippen LogP contribution in [0.4, 0.5) is 18.9 Å². The van der Waals surface area contributed by atoms with E-state index in [-0.39, 0.29) is 11.9 Å². The van der Waals surface area contributed by atoms with Gasteiger partial charge in [0.1, 0.15) is 0 Å². The zero-order chi connectivity index (χ0) is 28.3. The molecule has 0 spiro atoms. The van der Waals surface area contributed by atoms with Gasteiger partial charge in [-0.05, 0) is 59.4 Å². The maximum atomic E-state index is 12.6. The summed E-state index contributed by atoms with van der Waals surface area (Å²) in [7, 11) is 0. The van der Waals surface area contributed by atoms with Crippen LogP contribution in [0.3, 0.4) is 0 Å². The smallest absolute Gasteiger partial charge is 0.398 e. The molecular weight excluding hydrogens is 503 g/mol. The number of nitrogens with two attached hydrogens (primary N) is 1. The highest BCUT2D eigenvalue weighted by Gasteiger charge is 2.30. The summed E-state index contributed by atoms with van der Waals surface area (Å²) in [4.78, 5) is 23.5. The molecule has 0 radical (unpaired) electrons. The lowest BCUT2D eigenvalue weighted by Crippen LogP contribution is -2.40. The van der Waals surface area contributed by atoms with Crippen molar-refractivity contribution in [3.8, 4) is 0 Å².